The van der Waals surface area contributed by atoms with E-state index in [2.05, 4.69) is 12.1 Å². The van der Waals surface area contributed by atoms with Crippen LogP contribution in [0, 0.1) is 5.41 Å². The van der Waals surface area contributed by atoms with E-state index in [1.165, 1.54) is 18.6 Å². The van der Waals surface area contributed by atoms with Gasteiger partial charge in [-0.15, -0.1) is 0 Å². The molecule has 14 heavy (non-hydrogen) atoms. The van der Waals surface area contributed by atoms with Crippen molar-refractivity contribution in [2.75, 3.05) is 11.5 Å². The van der Waals surface area contributed by atoms with E-state index < -0.39 is 0 Å². The number of thioether (sulfide) groups is 1. The van der Waals surface area contributed by atoms with E-state index in [-0.39, 0.29) is 5.41 Å². The van der Waals surface area contributed by atoms with Crippen LogP contribution in [0.3, 0.4) is 0 Å². The van der Waals surface area contributed by atoms with Gasteiger partial charge in [0, 0.05) is 5.41 Å². The summed E-state index contributed by atoms with van der Waals surface area (Å²) in [5, 5.41) is 11.6. The average molecular weight is 218 g/mol. The van der Waals surface area contributed by atoms with Crippen LogP contribution in [-0.2, 0) is 0 Å². The van der Waals surface area contributed by atoms with Gasteiger partial charge in [-0.2, -0.15) is 11.8 Å². The summed E-state index contributed by atoms with van der Waals surface area (Å²) in [6.07, 6.45) is 3.47. The SMILES string of the molecule is CCCCSCCC(C)(C)C(N)=NO. The number of oxime groups is 1. The molecule has 4 heteroatoms. The van der Waals surface area contributed by atoms with Crippen LogP contribution in [0.15, 0.2) is 5.16 Å². The Bertz CT molecular complexity index is 181. The number of nitrogens with two attached hydrogens (primary N) is 1. The number of nitrogens with zero attached hydrogens (tertiary/aromatic N) is 1. The first-order valence-electron chi connectivity index (χ1n) is 5.10. The van der Waals surface area contributed by atoms with Crippen molar-refractivity contribution in [3.63, 3.8) is 0 Å². The van der Waals surface area contributed by atoms with E-state index >= 15 is 0 Å². The molecule has 0 radical (unpaired) electrons. The second-order valence-electron chi connectivity index (χ2n) is 4.09. The molecule has 3 N–H and O–H groups in total. The Morgan fingerprint density at radius 2 is 2.07 bits per heavy atom. The van der Waals surface area contributed by atoms with Crippen molar-refractivity contribution >= 4 is 17.6 Å². The van der Waals surface area contributed by atoms with Crippen molar-refractivity contribution in [1.29, 1.82) is 0 Å². The van der Waals surface area contributed by atoms with Gasteiger partial charge >= 0.3 is 0 Å². The van der Waals surface area contributed by atoms with Crippen molar-refractivity contribution in [3.8, 4) is 0 Å². The van der Waals surface area contributed by atoms with Crippen LogP contribution in [-0.4, -0.2) is 22.5 Å². The predicted octanol–water partition coefficient (Wildman–Crippen LogP) is 2.68. The summed E-state index contributed by atoms with van der Waals surface area (Å²) >= 11 is 1.94. The molecule has 0 aromatic rings. The zero-order valence-electron chi connectivity index (χ0n) is 9.42. The van der Waals surface area contributed by atoms with Crippen molar-refractivity contribution < 1.29 is 5.21 Å². The predicted molar refractivity (Wildman–Crippen MR) is 64.0 cm³/mol. The zero-order chi connectivity index (χ0) is 11.0. The van der Waals surface area contributed by atoms with Gasteiger partial charge in [0.1, 0.15) is 5.84 Å². The summed E-state index contributed by atoms with van der Waals surface area (Å²) in [7, 11) is 0. The smallest absolute Gasteiger partial charge is 0.144 e. The van der Waals surface area contributed by atoms with Gasteiger partial charge in [-0.1, -0.05) is 32.3 Å². The number of amidine groups is 1. The minimum atomic E-state index is -0.187. The lowest BCUT2D eigenvalue weighted by molar-refractivity contribution is 0.307. The summed E-state index contributed by atoms with van der Waals surface area (Å²) < 4.78 is 0. The monoisotopic (exact) mass is 218 g/mol. The highest BCUT2D eigenvalue weighted by molar-refractivity contribution is 7.99. The van der Waals surface area contributed by atoms with Gasteiger partial charge in [-0.25, -0.2) is 0 Å². The Hall–Kier alpha value is -0.380. The maximum absolute atomic E-state index is 8.57. The molecule has 0 saturated carbocycles. The van der Waals surface area contributed by atoms with Crippen LogP contribution < -0.4 is 5.73 Å². The molecule has 0 atom stereocenters. The van der Waals surface area contributed by atoms with E-state index in [0.717, 1.165) is 12.2 Å². The Labute approximate surface area is 91.1 Å². The quantitative estimate of drug-likeness (QED) is 0.227. The molecule has 0 aromatic carbocycles. The lowest BCUT2D eigenvalue weighted by atomic mass is 9.89. The third kappa shape index (κ3) is 5.37. The number of unbranched alkanes of at least 4 members (excludes halogenated alkanes) is 1. The van der Waals surface area contributed by atoms with E-state index in [9.17, 15) is 0 Å². The van der Waals surface area contributed by atoms with Gasteiger partial charge in [0.05, 0.1) is 0 Å². The molecule has 0 bridgehead atoms. The van der Waals surface area contributed by atoms with E-state index in [0.29, 0.717) is 5.84 Å². The third-order valence-corrected chi connectivity index (χ3v) is 3.38. The van der Waals surface area contributed by atoms with Gasteiger partial charge in [0.2, 0.25) is 0 Å². The molecule has 0 aliphatic carbocycles. The molecule has 0 heterocycles. The van der Waals surface area contributed by atoms with Gasteiger partial charge in [-0.05, 0) is 24.3 Å². The fraction of sp³-hybridized carbons (Fsp3) is 0.900. The molecule has 84 valence electrons. The number of hydrogen-bond donors (Lipinski definition) is 2. The van der Waals surface area contributed by atoms with Crippen molar-refractivity contribution in [3.05, 3.63) is 0 Å². The molecule has 0 unspecified atom stereocenters. The van der Waals surface area contributed by atoms with Crippen LogP contribution in [0.2, 0.25) is 0 Å². The molecule has 0 aliphatic rings. The van der Waals surface area contributed by atoms with Gasteiger partial charge in [-0.3, -0.25) is 0 Å². The molecule has 0 spiro atoms. The van der Waals surface area contributed by atoms with Gasteiger partial charge in [0.25, 0.3) is 0 Å². The lowest BCUT2D eigenvalue weighted by Gasteiger charge is -2.22. The summed E-state index contributed by atoms with van der Waals surface area (Å²) in [5.74, 6) is 2.61. The second-order valence-corrected chi connectivity index (χ2v) is 5.31. The van der Waals surface area contributed by atoms with Crippen LogP contribution >= 0.6 is 11.8 Å². The standard InChI is InChI=1S/C10H22N2OS/c1-4-5-7-14-8-6-10(2,3)9(11)12-13/h13H,4-8H2,1-3H3,(H2,11,12). The Balaban J connectivity index is 3.66. The Morgan fingerprint density at radius 1 is 1.43 bits per heavy atom. The molecule has 0 fully saturated rings. The normalized spacial score (nSPS) is 13.2. The number of rotatable bonds is 7. The first-order valence-corrected chi connectivity index (χ1v) is 6.25. The van der Waals surface area contributed by atoms with Crippen LogP contribution in [0.25, 0.3) is 0 Å². The molecule has 0 aliphatic heterocycles. The highest BCUT2D eigenvalue weighted by Crippen LogP contribution is 2.23. The minimum absolute atomic E-state index is 0.187. The zero-order valence-corrected chi connectivity index (χ0v) is 10.2. The van der Waals surface area contributed by atoms with Crippen molar-refractivity contribution in [2.24, 2.45) is 16.3 Å². The number of hydrogen-bond acceptors (Lipinski definition) is 3. The maximum Gasteiger partial charge on any atom is 0.144 e. The average Bonchev–Trinajstić information content (AvgIpc) is 2.16. The molecule has 0 rings (SSSR count). The molecular formula is C10H22N2OS. The fourth-order valence-corrected chi connectivity index (χ4v) is 2.29. The molecule has 3 nitrogen and oxygen atoms in total. The minimum Gasteiger partial charge on any atom is -0.409 e. The van der Waals surface area contributed by atoms with E-state index in [1.807, 2.05) is 25.6 Å². The maximum atomic E-state index is 8.57. The van der Waals surface area contributed by atoms with Gasteiger partial charge in [0.15, 0.2) is 0 Å². The first kappa shape index (κ1) is 13.6. The molecule has 0 saturated heterocycles. The van der Waals surface area contributed by atoms with Crippen LogP contribution in [0.1, 0.15) is 40.0 Å². The van der Waals surface area contributed by atoms with Crippen molar-refractivity contribution in [1.82, 2.24) is 0 Å². The summed E-state index contributed by atoms with van der Waals surface area (Å²) in [5.41, 5.74) is 5.40. The van der Waals surface area contributed by atoms with Crippen LogP contribution in [0.4, 0.5) is 0 Å². The summed E-state index contributed by atoms with van der Waals surface area (Å²) in [6, 6.07) is 0. The molecule has 0 aromatic heterocycles. The van der Waals surface area contributed by atoms with Crippen molar-refractivity contribution in [2.45, 2.75) is 40.0 Å². The summed E-state index contributed by atoms with van der Waals surface area (Å²) in [6.45, 7) is 6.20. The Kier molecular flexibility index (Phi) is 6.79. The molecule has 0 amide bonds. The summed E-state index contributed by atoms with van der Waals surface area (Å²) in [4.78, 5) is 0. The lowest BCUT2D eigenvalue weighted by Crippen LogP contribution is -2.32. The second kappa shape index (κ2) is 6.98. The van der Waals surface area contributed by atoms with Gasteiger partial charge < -0.3 is 10.9 Å². The highest BCUT2D eigenvalue weighted by atomic mass is 32.2. The topological polar surface area (TPSA) is 58.6 Å². The third-order valence-electron chi connectivity index (χ3n) is 2.31. The van der Waals surface area contributed by atoms with E-state index in [1.54, 1.807) is 0 Å². The fourth-order valence-electron chi connectivity index (χ4n) is 0.939. The Morgan fingerprint density at radius 3 is 2.57 bits per heavy atom. The first-order chi connectivity index (χ1) is 6.54. The largest absolute Gasteiger partial charge is 0.409 e. The highest BCUT2D eigenvalue weighted by Gasteiger charge is 2.22. The van der Waals surface area contributed by atoms with Crippen LogP contribution in [0.5, 0.6) is 0 Å². The van der Waals surface area contributed by atoms with E-state index in [4.69, 9.17) is 10.9 Å². The molecular weight excluding hydrogens is 196 g/mol.